The third kappa shape index (κ3) is 4.94. The fraction of sp³-hybridized carbons (Fsp3) is 0.529. The molecule has 2 rings (SSSR count). The summed E-state index contributed by atoms with van der Waals surface area (Å²) in [5.41, 5.74) is 0.449. The molecule has 1 saturated heterocycles. The van der Waals surface area contributed by atoms with Crippen LogP contribution in [0.3, 0.4) is 0 Å². The third-order valence-corrected chi connectivity index (χ3v) is 4.48. The SMILES string of the molecule is CCN1CCCC[C@@H]1C(=O)NCCNC(=O)c1ccccc1Cl. The molecule has 1 aliphatic rings. The average Bonchev–Trinajstić information content (AvgIpc) is 2.58. The maximum absolute atomic E-state index is 12.2. The number of likely N-dealkylation sites (N-methyl/N-ethyl adjacent to an activating group) is 1. The van der Waals surface area contributed by atoms with Crippen molar-refractivity contribution < 1.29 is 9.59 Å². The Bertz CT molecular complexity index is 550. The highest BCUT2D eigenvalue weighted by molar-refractivity contribution is 6.33. The minimum absolute atomic E-state index is 0.0342. The Balaban J connectivity index is 1.73. The first-order valence-electron chi connectivity index (χ1n) is 8.18. The summed E-state index contributed by atoms with van der Waals surface area (Å²) in [5, 5.41) is 6.11. The highest BCUT2D eigenvalue weighted by Crippen LogP contribution is 2.16. The fourth-order valence-corrected chi connectivity index (χ4v) is 3.11. The summed E-state index contributed by atoms with van der Waals surface area (Å²) in [6.45, 7) is 4.76. The van der Waals surface area contributed by atoms with Crippen LogP contribution in [0.5, 0.6) is 0 Å². The molecule has 0 radical (unpaired) electrons. The Labute approximate surface area is 142 Å². The molecule has 6 heteroatoms. The van der Waals surface area contributed by atoms with E-state index in [1.54, 1.807) is 24.3 Å². The van der Waals surface area contributed by atoms with E-state index in [9.17, 15) is 9.59 Å². The van der Waals surface area contributed by atoms with Crippen LogP contribution in [0.15, 0.2) is 24.3 Å². The van der Waals surface area contributed by atoms with Gasteiger partial charge >= 0.3 is 0 Å². The molecule has 2 amide bonds. The molecule has 0 bridgehead atoms. The van der Waals surface area contributed by atoms with Crippen molar-refractivity contribution in [2.75, 3.05) is 26.2 Å². The molecule has 1 aliphatic heterocycles. The summed E-state index contributed by atoms with van der Waals surface area (Å²) < 4.78 is 0. The van der Waals surface area contributed by atoms with Crippen LogP contribution in [0.4, 0.5) is 0 Å². The second-order valence-corrected chi connectivity index (χ2v) is 6.07. The first-order valence-corrected chi connectivity index (χ1v) is 8.55. The molecule has 0 saturated carbocycles. The molecular formula is C17H24ClN3O2. The zero-order valence-electron chi connectivity index (χ0n) is 13.5. The molecule has 1 heterocycles. The number of carbonyl (C=O) groups is 2. The van der Waals surface area contributed by atoms with Crippen LogP contribution in [-0.2, 0) is 4.79 Å². The molecule has 5 nitrogen and oxygen atoms in total. The van der Waals surface area contributed by atoms with Crippen molar-refractivity contribution in [1.82, 2.24) is 15.5 Å². The predicted molar refractivity (Wildman–Crippen MR) is 91.7 cm³/mol. The van der Waals surface area contributed by atoms with Crippen molar-refractivity contribution in [2.45, 2.75) is 32.2 Å². The Morgan fingerprint density at radius 2 is 1.96 bits per heavy atom. The van der Waals surface area contributed by atoms with E-state index in [-0.39, 0.29) is 17.9 Å². The Morgan fingerprint density at radius 3 is 2.70 bits per heavy atom. The van der Waals surface area contributed by atoms with Gasteiger partial charge in [0.15, 0.2) is 0 Å². The van der Waals surface area contributed by atoms with Crippen molar-refractivity contribution in [1.29, 1.82) is 0 Å². The number of nitrogens with zero attached hydrogens (tertiary/aromatic N) is 1. The van der Waals surface area contributed by atoms with Gasteiger partial charge in [0.2, 0.25) is 5.91 Å². The molecule has 23 heavy (non-hydrogen) atoms. The fourth-order valence-electron chi connectivity index (χ4n) is 2.89. The first kappa shape index (κ1) is 17.8. The van der Waals surface area contributed by atoms with E-state index in [0.29, 0.717) is 23.7 Å². The number of nitrogens with one attached hydrogen (secondary N) is 2. The normalized spacial score (nSPS) is 18.4. The lowest BCUT2D eigenvalue weighted by atomic mass is 10.0. The molecule has 0 unspecified atom stereocenters. The molecule has 1 atom stereocenters. The average molecular weight is 338 g/mol. The van der Waals surface area contributed by atoms with Crippen molar-refractivity contribution in [3.63, 3.8) is 0 Å². The van der Waals surface area contributed by atoms with Crippen LogP contribution in [0.1, 0.15) is 36.5 Å². The molecule has 0 aromatic heterocycles. The number of benzene rings is 1. The zero-order valence-corrected chi connectivity index (χ0v) is 14.2. The molecule has 1 aromatic carbocycles. The minimum Gasteiger partial charge on any atom is -0.353 e. The maximum atomic E-state index is 12.2. The van der Waals surface area contributed by atoms with Gasteiger partial charge in [0.25, 0.3) is 5.91 Å². The summed E-state index contributed by atoms with van der Waals surface area (Å²) in [6.07, 6.45) is 3.16. The second kappa shape index (κ2) is 8.89. The lowest BCUT2D eigenvalue weighted by molar-refractivity contribution is -0.127. The van der Waals surface area contributed by atoms with E-state index < -0.39 is 0 Å². The van der Waals surface area contributed by atoms with Gasteiger partial charge in [-0.3, -0.25) is 14.5 Å². The number of carbonyl (C=O) groups excluding carboxylic acids is 2. The smallest absolute Gasteiger partial charge is 0.252 e. The molecule has 0 spiro atoms. The van der Waals surface area contributed by atoms with Gasteiger partial charge in [-0.25, -0.2) is 0 Å². The summed E-state index contributed by atoms with van der Waals surface area (Å²) in [5.74, 6) is -0.170. The van der Waals surface area contributed by atoms with Gasteiger partial charge < -0.3 is 10.6 Å². The number of hydrogen-bond acceptors (Lipinski definition) is 3. The maximum Gasteiger partial charge on any atom is 0.252 e. The van der Waals surface area contributed by atoms with E-state index in [2.05, 4.69) is 22.5 Å². The van der Waals surface area contributed by atoms with E-state index in [1.165, 1.54) is 0 Å². The van der Waals surface area contributed by atoms with Crippen molar-refractivity contribution in [3.8, 4) is 0 Å². The summed E-state index contributed by atoms with van der Waals surface area (Å²) in [7, 11) is 0. The van der Waals surface area contributed by atoms with Gasteiger partial charge in [0, 0.05) is 13.1 Å². The van der Waals surface area contributed by atoms with Crippen LogP contribution in [0.2, 0.25) is 5.02 Å². The highest BCUT2D eigenvalue weighted by atomic mass is 35.5. The van der Waals surface area contributed by atoms with Gasteiger partial charge in [-0.1, -0.05) is 37.1 Å². The van der Waals surface area contributed by atoms with E-state index in [0.717, 1.165) is 32.4 Å². The highest BCUT2D eigenvalue weighted by Gasteiger charge is 2.26. The summed E-state index contributed by atoms with van der Waals surface area (Å²) in [4.78, 5) is 26.5. The third-order valence-electron chi connectivity index (χ3n) is 4.15. The number of piperidine rings is 1. The van der Waals surface area contributed by atoms with Crippen molar-refractivity contribution >= 4 is 23.4 Å². The Morgan fingerprint density at radius 1 is 1.22 bits per heavy atom. The van der Waals surface area contributed by atoms with E-state index >= 15 is 0 Å². The molecule has 0 aliphatic carbocycles. The molecular weight excluding hydrogens is 314 g/mol. The van der Waals surface area contributed by atoms with Gasteiger partial charge in [-0.05, 0) is 38.1 Å². The largest absolute Gasteiger partial charge is 0.353 e. The molecule has 1 aromatic rings. The lowest BCUT2D eigenvalue weighted by Crippen LogP contribution is -2.50. The van der Waals surface area contributed by atoms with Crippen LogP contribution < -0.4 is 10.6 Å². The van der Waals surface area contributed by atoms with Crippen molar-refractivity contribution in [3.05, 3.63) is 34.9 Å². The van der Waals surface area contributed by atoms with Crippen LogP contribution in [0.25, 0.3) is 0 Å². The number of amides is 2. The molecule has 126 valence electrons. The minimum atomic E-state index is -0.224. The van der Waals surface area contributed by atoms with Crippen LogP contribution in [0, 0.1) is 0 Å². The number of hydrogen-bond donors (Lipinski definition) is 2. The van der Waals surface area contributed by atoms with Gasteiger partial charge in [-0.15, -0.1) is 0 Å². The number of halogens is 1. The summed E-state index contributed by atoms with van der Waals surface area (Å²) in [6, 6.07) is 6.87. The Hall–Kier alpha value is -1.59. The second-order valence-electron chi connectivity index (χ2n) is 5.67. The predicted octanol–water partition coefficient (Wildman–Crippen LogP) is 2.06. The lowest BCUT2D eigenvalue weighted by Gasteiger charge is -2.33. The monoisotopic (exact) mass is 337 g/mol. The first-order chi connectivity index (χ1) is 11.1. The van der Waals surface area contributed by atoms with Gasteiger partial charge in [0.1, 0.15) is 0 Å². The molecule has 1 fully saturated rings. The van der Waals surface area contributed by atoms with Crippen molar-refractivity contribution in [2.24, 2.45) is 0 Å². The summed E-state index contributed by atoms with van der Waals surface area (Å²) >= 11 is 5.98. The quantitative estimate of drug-likeness (QED) is 0.781. The zero-order chi connectivity index (χ0) is 16.7. The van der Waals surface area contributed by atoms with Gasteiger partial charge in [-0.2, -0.15) is 0 Å². The van der Waals surface area contributed by atoms with E-state index in [4.69, 9.17) is 11.6 Å². The standard InChI is InChI=1S/C17H24ClN3O2/c1-2-21-12-6-5-9-15(21)17(23)20-11-10-19-16(22)13-7-3-4-8-14(13)18/h3-4,7-8,15H,2,5-6,9-12H2,1H3,(H,19,22)(H,20,23)/t15-/m1/s1. The van der Waals surface area contributed by atoms with Gasteiger partial charge in [0.05, 0.1) is 16.6 Å². The Kier molecular flexibility index (Phi) is 6.86. The van der Waals surface area contributed by atoms with Crippen LogP contribution in [-0.4, -0.2) is 48.9 Å². The number of rotatable bonds is 6. The molecule has 2 N–H and O–H groups in total. The van der Waals surface area contributed by atoms with Crippen LogP contribution >= 0.6 is 11.6 Å². The topological polar surface area (TPSA) is 61.4 Å². The van der Waals surface area contributed by atoms with E-state index in [1.807, 2.05) is 0 Å². The number of likely N-dealkylation sites (tertiary alicyclic amines) is 1.